The van der Waals surface area contributed by atoms with Crippen molar-refractivity contribution < 1.29 is 0 Å². The van der Waals surface area contributed by atoms with E-state index in [1.165, 1.54) is 5.56 Å². The second-order valence-electron chi connectivity index (χ2n) is 3.90. The van der Waals surface area contributed by atoms with Crippen molar-refractivity contribution in [3.05, 3.63) is 42.0 Å². The highest BCUT2D eigenvalue weighted by molar-refractivity contribution is 5.48. The second-order valence-corrected chi connectivity index (χ2v) is 3.90. The summed E-state index contributed by atoms with van der Waals surface area (Å²) in [5, 5.41) is 6.88. The highest BCUT2D eigenvalue weighted by Gasteiger charge is 2.08. The Bertz CT molecular complexity index is 300. The molecule has 2 rings (SSSR count). The van der Waals surface area contributed by atoms with Gasteiger partial charge in [0.1, 0.15) is 0 Å². The number of hydrogen-bond donors (Lipinski definition) is 2. The lowest BCUT2D eigenvalue weighted by atomic mass is 10.1. The molecule has 1 atom stereocenters. The van der Waals surface area contributed by atoms with Crippen molar-refractivity contribution in [3.63, 3.8) is 0 Å². The molecule has 1 heterocycles. The Morgan fingerprint density at radius 2 is 2.07 bits per heavy atom. The van der Waals surface area contributed by atoms with E-state index >= 15 is 0 Å². The van der Waals surface area contributed by atoms with Gasteiger partial charge in [0.05, 0.1) is 0 Å². The molecule has 2 heteroatoms. The van der Waals surface area contributed by atoms with Crippen LogP contribution in [-0.2, 0) is 0 Å². The fourth-order valence-corrected chi connectivity index (χ4v) is 1.81. The average Bonchev–Trinajstić information content (AvgIpc) is 2.32. The molecule has 2 nitrogen and oxygen atoms in total. The minimum atomic E-state index is 0.596. The molecule has 1 aromatic carbocycles. The van der Waals surface area contributed by atoms with Crippen LogP contribution in [0.2, 0.25) is 0 Å². The Morgan fingerprint density at radius 1 is 1.20 bits per heavy atom. The van der Waals surface area contributed by atoms with E-state index < -0.39 is 0 Å². The molecule has 0 aliphatic carbocycles. The van der Waals surface area contributed by atoms with Crippen LogP contribution in [0.5, 0.6) is 0 Å². The van der Waals surface area contributed by atoms with E-state index in [0.717, 1.165) is 26.1 Å². The van der Waals surface area contributed by atoms with Gasteiger partial charge in [0, 0.05) is 25.7 Å². The quantitative estimate of drug-likeness (QED) is 0.779. The Kier molecular flexibility index (Phi) is 3.94. The van der Waals surface area contributed by atoms with Crippen LogP contribution in [0.1, 0.15) is 12.0 Å². The van der Waals surface area contributed by atoms with Gasteiger partial charge in [-0.3, -0.25) is 0 Å². The van der Waals surface area contributed by atoms with Gasteiger partial charge < -0.3 is 10.6 Å². The third-order valence-electron chi connectivity index (χ3n) is 2.66. The monoisotopic (exact) mass is 202 g/mol. The van der Waals surface area contributed by atoms with Gasteiger partial charge in [0.15, 0.2) is 0 Å². The number of nitrogens with one attached hydrogen (secondary N) is 2. The molecule has 1 fully saturated rings. The topological polar surface area (TPSA) is 24.1 Å². The zero-order valence-electron chi connectivity index (χ0n) is 8.95. The lowest BCUT2D eigenvalue weighted by molar-refractivity contribution is 0.421. The summed E-state index contributed by atoms with van der Waals surface area (Å²) in [4.78, 5) is 0. The Morgan fingerprint density at radius 3 is 2.80 bits per heavy atom. The SMILES string of the molecule is C(=C\c1ccccc1)/CC1CNCCN1. The number of benzene rings is 1. The van der Waals surface area contributed by atoms with Crippen LogP contribution in [-0.4, -0.2) is 25.7 Å². The van der Waals surface area contributed by atoms with Gasteiger partial charge in [-0.05, 0) is 12.0 Å². The molecule has 0 spiro atoms. The molecule has 0 amide bonds. The molecule has 1 saturated heterocycles. The average molecular weight is 202 g/mol. The Labute approximate surface area is 91.4 Å². The molecule has 2 N–H and O–H groups in total. The van der Waals surface area contributed by atoms with Crippen LogP contribution in [0.4, 0.5) is 0 Å². The molecule has 0 saturated carbocycles. The van der Waals surface area contributed by atoms with Crippen molar-refractivity contribution >= 4 is 6.08 Å². The number of piperazine rings is 1. The van der Waals surface area contributed by atoms with Crippen molar-refractivity contribution in [1.82, 2.24) is 10.6 Å². The van der Waals surface area contributed by atoms with Crippen LogP contribution in [0, 0.1) is 0 Å². The molecule has 1 aliphatic rings. The van der Waals surface area contributed by atoms with Crippen LogP contribution < -0.4 is 10.6 Å². The minimum Gasteiger partial charge on any atom is -0.314 e. The zero-order chi connectivity index (χ0) is 10.3. The van der Waals surface area contributed by atoms with E-state index in [2.05, 4.69) is 47.1 Å². The van der Waals surface area contributed by atoms with Crippen molar-refractivity contribution in [2.45, 2.75) is 12.5 Å². The van der Waals surface area contributed by atoms with Gasteiger partial charge in [0.25, 0.3) is 0 Å². The summed E-state index contributed by atoms with van der Waals surface area (Å²) in [6.45, 7) is 3.27. The largest absolute Gasteiger partial charge is 0.314 e. The van der Waals surface area contributed by atoms with E-state index in [0.29, 0.717) is 6.04 Å². The van der Waals surface area contributed by atoms with E-state index in [1.54, 1.807) is 0 Å². The van der Waals surface area contributed by atoms with Crippen molar-refractivity contribution in [2.75, 3.05) is 19.6 Å². The maximum atomic E-state index is 3.49. The first-order valence-electron chi connectivity index (χ1n) is 5.61. The highest BCUT2D eigenvalue weighted by atomic mass is 15.0. The summed E-state index contributed by atoms with van der Waals surface area (Å²) in [5.74, 6) is 0. The third-order valence-corrected chi connectivity index (χ3v) is 2.66. The summed E-state index contributed by atoms with van der Waals surface area (Å²) >= 11 is 0. The minimum absolute atomic E-state index is 0.596. The maximum Gasteiger partial charge on any atom is 0.0227 e. The van der Waals surface area contributed by atoms with Crippen LogP contribution in [0.15, 0.2) is 36.4 Å². The first-order valence-corrected chi connectivity index (χ1v) is 5.61. The molecule has 0 aromatic heterocycles. The zero-order valence-corrected chi connectivity index (χ0v) is 8.95. The molecule has 1 unspecified atom stereocenters. The lowest BCUT2D eigenvalue weighted by Gasteiger charge is -2.23. The number of hydrogen-bond acceptors (Lipinski definition) is 2. The van der Waals surface area contributed by atoms with Gasteiger partial charge in [-0.2, -0.15) is 0 Å². The summed E-state index contributed by atoms with van der Waals surface area (Å²) < 4.78 is 0. The molecule has 0 radical (unpaired) electrons. The van der Waals surface area contributed by atoms with E-state index in [-0.39, 0.29) is 0 Å². The number of rotatable bonds is 3. The maximum absolute atomic E-state index is 3.49. The predicted octanol–water partition coefficient (Wildman–Crippen LogP) is 1.65. The second kappa shape index (κ2) is 5.69. The van der Waals surface area contributed by atoms with E-state index in [1.807, 2.05) is 6.07 Å². The molecule has 1 aromatic rings. The standard InChI is InChI=1S/C13H18N2/c1-2-5-12(6-3-1)7-4-8-13-11-14-9-10-15-13/h1-7,13-15H,8-11H2/b7-4+. The van der Waals surface area contributed by atoms with Gasteiger partial charge in [-0.1, -0.05) is 42.5 Å². The van der Waals surface area contributed by atoms with Gasteiger partial charge in [0.2, 0.25) is 0 Å². The van der Waals surface area contributed by atoms with Gasteiger partial charge in [-0.15, -0.1) is 0 Å². The van der Waals surface area contributed by atoms with Crippen molar-refractivity contribution in [3.8, 4) is 0 Å². The molecular weight excluding hydrogens is 184 g/mol. The van der Waals surface area contributed by atoms with Gasteiger partial charge in [-0.25, -0.2) is 0 Å². The normalized spacial score (nSPS) is 22.0. The first-order chi connectivity index (χ1) is 7.45. The van der Waals surface area contributed by atoms with Crippen molar-refractivity contribution in [1.29, 1.82) is 0 Å². The van der Waals surface area contributed by atoms with Crippen LogP contribution in [0.3, 0.4) is 0 Å². The third kappa shape index (κ3) is 3.50. The fraction of sp³-hybridized carbons (Fsp3) is 0.385. The van der Waals surface area contributed by atoms with Crippen LogP contribution >= 0.6 is 0 Å². The highest BCUT2D eigenvalue weighted by Crippen LogP contribution is 2.03. The summed E-state index contributed by atoms with van der Waals surface area (Å²) in [7, 11) is 0. The fourth-order valence-electron chi connectivity index (χ4n) is 1.81. The van der Waals surface area contributed by atoms with E-state index in [4.69, 9.17) is 0 Å². The summed E-state index contributed by atoms with van der Waals surface area (Å²) in [5.41, 5.74) is 1.28. The molecule has 15 heavy (non-hydrogen) atoms. The molecule has 80 valence electrons. The van der Waals surface area contributed by atoms with E-state index in [9.17, 15) is 0 Å². The molecular formula is C13H18N2. The van der Waals surface area contributed by atoms with Crippen molar-refractivity contribution in [2.24, 2.45) is 0 Å². The molecule has 1 aliphatic heterocycles. The Balaban J connectivity index is 1.79. The molecule has 0 bridgehead atoms. The summed E-state index contributed by atoms with van der Waals surface area (Å²) in [6, 6.07) is 11.0. The van der Waals surface area contributed by atoms with Gasteiger partial charge >= 0.3 is 0 Å². The summed E-state index contributed by atoms with van der Waals surface area (Å²) in [6.07, 6.45) is 5.54. The first kappa shape index (κ1) is 10.4. The van der Waals surface area contributed by atoms with Crippen LogP contribution in [0.25, 0.3) is 6.08 Å². The smallest absolute Gasteiger partial charge is 0.0227 e. The Hall–Kier alpha value is -1.12. The lowest BCUT2D eigenvalue weighted by Crippen LogP contribution is -2.47. The predicted molar refractivity (Wildman–Crippen MR) is 64.8 cm³/mol.